The number of nitro groups is 1. The maximum Gasteiger partial charge on any atom is 0.269 e. The second kappa shape index (κ2) is 6.11. The Morgan fingerprint density at radius 2 is 1.96 bits per heavy atom. The summed E-state index contributed by atoms with van der Waals surface area (Å²) >= 11 is 0. The number of benzene rings is 2. The van der Waals surface area contributed by atoms with Crippen LogP contribution in [0, 0.1) is 22.9 Å². The minimum atomic E-state index is -0.505. The summed E-state index contributed by atoms with van der Waals surface area (Å²) in [6, 6.07) is 9.97. The summed E-state index contributed by atoms with van der Waals surface area (Å²) in [6.07, 6.45) is 0.0757. The van der Waals surface area contributed by atoms with Gasteiger partial charge in [0.25, 0.3) is 5.69 Å². The van der Waals surface area contributed by atoms with Crippen LogP contribution in [0.4, 0.5) is 15.8 Å². The number of nitrogens with zero attached hydrogens (tertiary/aromatic N) is 1. The quantitative estimate of drug-likeness (QED) is 0.565. The lowest BCUT2D eigenvalue weighted by Gasteiger charge is -2.05. The summed E-state index contributed by atoms with van der Waals surface area (Å²) in [5.74, 6) is -0.643. The molecule has 0 bridgehead atoms. The average molecular weight is 327 g/mol. The van der Waals surface area contributed by atoms with Gasteiger partial charge < -0.3 is 10.3 Å². The molecule has 0 aliphatic heterocycles. The van der Waals surface area contributed by atoms with E-state index < -0.39 is 4.92 Å². The number of anilines is 1. The van der Waals surface area contributed by atoms with E-state index in [9.17, 15) is 19.3 Å². The third kappa shape index (κ3) is 3.10. The van der Waals surface area contributed by atoms with Crippen LogP contribution in [0.2, 0.25) is 0 Å². The molecule has 0 atom stereocenters. The molecule has 0 saturated carbocycles. The standard InChI is InChI=1S/C17H14FN3O3/c1-10-14(15-8-11(18)2-7-16(15)19-10)9-17(22)20-12-3-5-13(6-4-12)21(23)24/h2-8,19H,9H2,1H3,(H,20,22). The number of nitrogens with one attached hydrogen (secondary N) is 2. The summed E-state index contributed by atoms with van der Waals surface area (Å²) < 4.78 is 13.4. The molecule has 0 unspecified atom stereocenters. The number of rotatable bonds is 4. The Bertz CT molecular complexity index is 932. The van der Waals surface area contributed by atoms with Crippen LogP contribution in [0.15, 0.2) is 42.5 Å². The molecule has 3 aromatic rings. The van der Waals surface area contributed by atoms with Gasteiger partial charge in [0, 0.05) is 34.4 Å². The van der Waals surface area contributed by atoms with Gasteiger partial charge in [0.15, 0.2) is 0 Å². The molecule has 6 nitrogen and oxygen atoms in total. The van der Waals surface area contributed by atoms with Crippen molar-refractivity contribution >= 4 is 28.2 Å². The zero-order valence-electron chi connectivity index (χ0n) is 12.8. The molecule has 1 amide bonds. The fourth-order valence-corrected chi connectivity index (χ4v) is 2.61. The van der Waals surface area contributed by atoms with E-state index in [-0.39, 0.29) is 23.8 Å². The predicted octanol–water partition coefficient (Wildman–Crippen LogP) is 3.70. The summed E-state index contributed by atoms with van der Waals surface area (Å²) in [4.78, 5) is 25.5. The van der Waals surface area contributed by atoms with Crippen LogP contribution < -0.4 is 5.32 Å². The first-order valence-corrected chi connectivity index (χ1v) is 7.25. The van der Waals surface area contributed by atoms with Crippen LogP contribution >= 0.6 is 0 Å². The molecular weight excluding hydrogens is 313 g/mol. The highest BCUT2D eigenvalue weighted by Crippen LogP contribution is 2.24. The number of aromatic amines is 1. The topological polar surface area (TPSA) is 88.0 Å². The van der Waals surface area contributed by atoms with Gasteiger partial charge in [-0.05, 0) is 42.8 Å². The van der Waals surface area contributed by atoms with Crippen molar-refractivity contribution in [2.24, 2.45) is 0 Å². The summed E-state index contributed by atoms with van der Waals surface area (Å²) in [7, 11) is 0. The van der Waals surface area contributed by atoms with Crippen LogP contribution in [0.1, 0.15) is 11.3 Å². The maximum atomic E-state index is 13.4. The molecule has 7 heteroatoms. The van der Waals surface area contributed by atoms with Gasteiger partial charge in [-0.2, -0.15) is 0 Å². The Kier molecular flexibility index (Phi) is 3.99. The van der Waals surface area contributed by atoms with Crippen molar-refractivity contribution in [3.8, 4) is 0 Å². The molecule has 2 aromatic carbocycles. The molecule has 122 valence electrons. The lowest BCUT2D eigenvalue weighted by atomic mass is 10.1. The van der Waals surface area contributed by atoms with Crippen molar-refractivity contribution in [3.05, 3.63) is 69.7 Å². The lowest BCUT2D eigenvalue weighted by Crippen LogP contribution is -2.14. The Hall–Kier alpha value is -3.22. The fourth-order valence-electron chi connectivity index (χ4n) is 2.61. The monoisotopic (exact) mass is 327 g/mol. The van der Waals surface area contributed by atoms with Gasteiger partial charge in [-0.3, -0.25) is 14.9 Å². The van der Waals surface area contributed by atoms with Crippen molar-refractivity contribution in [1.82, 2.24) is 4.98 Å². The number of hydrogen-bond acceptors (Lipinski definition) is 3. The van der Waals surface area contributed by atoms with Crippen molar-refractivity contribution in [2.45, 2.75) is 13.3 Å². The number of halogens is 1. The molecule has 0 radical (unpaired) electrons. The molecule has 24 heavy (non-hydrogen) atoms. The number of aromatic nitrogens is 1. The second-order valence-electron chi connectivity index (χ2n) is 5.45. The smallest absolute Gasteiger partial charge is 0.269 e. The van der Waals surface area contributed by atoms with Gasteiger partial charge in [0.05, 0.1) is 11.3 Å². The maximum absolute atomic E-state index is 13.4. The highest BCUT2D eigenvalue weighted by molar-refractivity contribution is 5.96. The van der Waals surface area contributed by atoms with Gasteiger partial charge in [0.1, 0.15) is 5.82 Å². The Balaban J connectivity index is 1.78. The SMILES string of the molecule is Cc1[nH]c2ccc(F)cc2c1CC(=O)Nc1ccc([N+](=O)[O-])cc1. The number of H-pyrrole nitrogens is 1. The van der Waals surface area contributed by atoms with E-state index >= 15 is 0 Å². The number of amides is 1. The number of nitro benzene ring substituents is 1. The van der Waals surface area contributed by atoms with E-state index in [0.717, 1.165) is 16.8 Å². The first-order valence-electron chi connectivity index (χ1n) is 7.25. The number of non-ortho nitro benzene ring substituents is 1. The normalized spacial score (nSPS) is 10.8. The van der Waals surface area contributed by atoms with E-state index in [0.29, 0.717) is 11.1 Å². The minimum Gasteiger partial charge on any atom is -0.358 e. The minimum absolute atomic E-state index is 0.0454. The van der Waals surface area contributed by atoms with Crippen molar-refractivity contribution in [3.63, 3.8) is 0 Å². The number of fused-ring (bicyclic) bond motifs is 1. The molecule has 0 aliphatic rings. The Labute approximate surface area is 136 Å². The third-order valence-corrected chi connectivity index (χ3v) is 3.78. The highest BCUT2D eigenvalue weighted by atomic mass is 19.1. The Morgan fingerprint density at radius 3 is 2.62 bits per heavy atom. The molecule has 0 saturated heterocycles. The summed E-state index contributed by atoms with van der Waals surface area (Å²) in [5.41, 5.74) is 2.72. The summed E-state index contributed by atoms with van der Waals surface area (Å²) in [6.45, 7) is 1.83. The van der Waals surface area contributed by atoms with Gasteiger partial charge in [-0.1, -0.05) is 0 Å². The van der Waals surface area contributed by atoms with E-state index in [4.69, 9.17) is 0 Å². The van der Waals surface area contributed by atoms with Crippen LogP contribution in [-0.2, 0) is 11.2 Å². The van der Waals surface area contributed by atoms with E-state index in [1.807, 2.05) is 6.92 Å². The van der Waals surface area contributed by atoms with E-state index in [1.165, 1.54) is 36.4 Å². The number of hydrogen-bond donors (Lipinski definition) is 2. The van der Waals surface area contributed by atoms with Crippen LogP contribution in [0.5, 0.6) is 0 Å². The number of carbonyl (C=O) groups is 1. The van der Waals surface area contributed by atoms with Crippen LogP contribution in [0.25, 0.3) is 10.9 Å². The lowest BCUT2D eigenvalue weighted by molar-refractivity contribution is -0.384. The summed E-state index contributed by atoms with van der Waals surface area (Å²) in [5, 5.41) is 14.0. The van der Waals surface area contributed by atoms with Gasteiger partial charge >= 0.3 is 0 Å². The van der Waals surface area contributed by atoms with Gasteiger partial charge in [-0.15, -0.1) is 0 Å². The molecule has 3 rings (SSSR count). The Morgan fingerprint density at radius 1 is 1.25 bits per heavy atom. The number of aryl methyl sites for hydroxylation is 1. The highest BCUT2D eigenvalue weighted by Gasteiger charge is 2.14. The molecule has 2 N–H and O–H groups in total. The first-order chi connectivity index (χ1) is 11.4. The van der Waals surface area contributed by atoms with Gasteiger partial charge in [-0.25, -0.2) is 4.39 Å². The first kappa shape index (κ1) is 15.7. The van der Waals surface area contributed by atoms with Gasteiger partial charge in [0.2, 0.25) is 5.91 Å². The van der Waals surface area contributed by atoms with Crippen LogP contribution in [-0.4, -0.2) is 15.8 Å². The van der Waals surface area contributed by atoms with E-state index in [1.54, 1.807) is 6.07 Å². The molecule has 1 aromatic heterocycles. The zero-order valence-corrected chi connectivity index (χ0v) is 12.8. The molecule has 0 fully saturated rings. The predicted molar refractivity (Wildman–Crippen MR) is 88.4 cm³/mol. The van der Waals surface area contributed by atoms with Crippen LogP contribution in [0.3, 0.4) is 0 Å². The largest absolute Gasteiger partial charge is 0.358 e. The number of carbonyl (C=O) groups excluding carboxylic acids is 1. The molecule has 0 aliphatic carbocycles. The molecular formula is C17H14FN3O3. The van der Waals surface area contributed by atoms with Crippen molar-refractivity contribution in [2.75, 3.05) is 5.32 Å². The fraction of sp³-hybridized carbons (Fsp3) is 0.118. The van der Waals surface area contributed by atoms with Crippen molar-refractivity contribution < 1.29 is 14.1 Å². The molecule has 0 spiro atoms. The van der Waals surface area contributed by atoms with Crippen molar-refractivity contribution in [1.29, 1.82) is 0 Å². The molecule has 1 heterocycles. The zero-order chi connectivity index (χ0) is 17.3. The van der Waals surface area contributed by atoms with E-state index in [2.05, 4.69) is 10.3 Å². The average Bonchev–Trinajstić information content (AvgIpc) is 2.83. The second-order valence-corrected chi connectivity index (χ2v) is 5.45. The third-order valence-electron chi connectivity index (χ3n) is 3.78.